The largest absolute Gasteiger partial charge is 0.497 e. The van der Waals surface area contributed by atoms with E-state index in [0.29, 0.717) is 22.3 Å². The lowest BCUT2D eigenvalue weighted by Gasteiger charge is -2.09. The fourth-order valence-electron chi connectivity index (χ4n) is 3.89. The maximum atomic E-state index is 13.3. The van der Waals surface area contributed by atoms with Crippen molar-refractivity contribution in [2.45, 2.75) is 13.1 Å². The molecular weight excluding hydrogens is 434 g/mol. The molecule has 0 saturated heterocycles. The second-order valence-electron chi connectivity index (χ2n) is 7.75. The third kappa shape index (κ3) is 3.83. The molecular formula is C25H21N5O4. The van der Waals surface area contributed by atoms with Gasteiger partial charge in [0.2, 0.25) is 11.7 Å². The highest BCUT2D eigenvalue weighted by Crippen LogP contribution is 2.15. The second kappa shape index (κ2) is 8.70. The highest BCUT2D eigenvalue weighted by Gasteiger charge is 2.19. The first-order valence-corrected chi connectivity index (χ1v) is 10.6. The molecule has 5 rings (SSSR count). The van der Waals surface area contributed by atoms with Crippen LogP contribution in [0, 0.1) is 0 Å². The first-order valence-electron chi connectivity index (χ1n) is 10.6. The Hall–Kier alpha value is -4.66. The number of anilines is 1. The lowest BCUT2D eigenvalue weighted by atomic mass is 10.2. The quantitative estimate of drug-likeness (QED) is 0.424. The highest BCUT2D eigenvalue weighted by molar-refractivity contribution is 5.90. The van der Waals surface area contributed by atoms with Gasteiger partial charge >= 0.3 is 5.69 Å². The van der Waals surface area contributed by atoms with Crippen LogP contribution in [0.3, 0.4) is 0 Å². The van der Waals surface area contributed by atoms with E-state index < -0.39 is 11.6 Å². The Kier molecular flexibility index (Phi) is 5.43. The Morgan fingerprint density at radius 1 is 0.941 bits per heavy atom. The second-order valence-corrected chi connectivity index (χ2v) is 7.75. The van der Waals surface area contributed by atoms with Gasteiger partial charge in [-0.05, 0) is 42.0 Å². The molecule has 0 bridgehead atoms. The van der Waals surface area contributed by atoms with Gasteiger partial charge in [-0.3, -0.25) is 14.2 Å². The van der Waals surface area contributed by atoms with Crippen molar-refractivity contribution in [1.82, 2.24) is 18.7 Å². The maximum absolute atomic E-state index is 13.3. The van der Waals surface area contributed by atoms with Crippen LogP contribution in [0.4, 0.5) is 5.69 Å². The van der Waals surface area contributed by atoms with Gasteiger partial charge in [-0.2, -0.15) is 0 Å². The minimum Gasteiger partial charge on any atom is -0.497 e. The van der Waals surface area contributed by atoms with Crippen molar-refractivity contribution in [3.63, 3.8) is 0 Å². The van der Waals surface area contributed by atoms with Gasteiger partial charge in [0.25, 0.3) is 5.56 Å². The van der Waals surface area contributed by atoms with E-state index in [9.17, 15) is 14.4 Å². The van der Waals surface area contributed by atoms with E-state index in [1.807, 2.05) is 30.3 Å². The summed E-state index contributed by atoms with van der Waals surface area (Å²) in [6.45, 7) is -0.0666. The van der Waals surface area contributed by atoms with Crippen LogP contribution in [0.15, 0.2) is 88.5 Å². The molecule has 170 valence electrons. The molecule has 2 aromatic heterocycles. The lowest BCUT2D eigenvalue weighted by Crippen LogP contribution is -2.29. The average Bonchev–Trinajstić information content (AvgIpc) is 3.18. The molecule has 0 radical (unpaired) electrons. The smallest absolute Gasteiger partial charge is 0.352 e. The van der Waals surface area contributed by atoms with Crippen LogP contribution < -0.4 is 21.3 Å². The molecule has 0 aliphatic carbocycles. The predicted molar refractivity (Wildman–Crippen MR) is 128 cm³/mol. The number of para-hydroxylation sites is 1. The number of methoxy groups -OCH3 is 1. The Morgan fingerprint density at radius 3 is 2.38 bits per heavy atom. The molecule has 0 atom stereocenters. The van der Waals surface area contributed by atoms with Crippen LogP contribution in [-0.4, -0.2) is 31.8 Å². The van der Waals surface area contributed by atoms with Gasteiger partial charge < -0.3 is 10.1 Å². The number of nitrogens with zero attached hydrogens (tertiary/aromatic N) is 4. The van der Waals surface area contributed by atoms with E-state index in [4.69, 9.17) is 4.74 Å². The van der Waals surface area contributed by atoms with Crippen molar-refractivity contribution >= 4 is 28.3 Å². The Labute approximate surface area is 193 Å². The summed E-state index contributed by atoms with van der Waals surface area (Å²) in [4.78, 5) is 39.2. The van der Waals surface area contributed by atoms with Crippen molar-refractivity contribution in [2.75, 3.05) is 12.4 Å². The average molecular weight is 455 g/mol. The first-order chi connectivity index (χ1) is 16.5. The van der Waals surface area contributed by atoms with Crippen molar-refractivity contribution < 1.29 is 9.53 Å². The summed E-state index contributed by atoms with van der Waals surface area (Å²) in [5, 5.41) is 7.52. The van der Waals surface area contributed by atoms with E-state index in [-0.39, 0.29) is 24.4 Å². The molecule has 0 spiro atoms. The summed E-state index contributed by atoms with van der Waals surface area (Å²) in [6, 6.07) is 23.2. The fourth-order valence-corrected chi connectivity index (χ4v) is 3.89. The number of aromatic nitrogens is 4. The van der Waals surface area contributed by atoms with Gasteiger partial charge in [0.05, 0.1) is 24.6 Å². The summed E-state index contributed by atoms with van der Waals surface area (Å²) in [5.74, 6) is 0.421. The zero-order valence-corrected chi connectivity index (χ0v) is 18.3. The highest BCUT2D eigenvalue weighted by atomic mass is 16.5. The molecule has 34 heavy (non-hydrogen) atoms. The molecule has 0 saturated carbocycles. The Balaban J connectivity index is 1.57. The number of benzene rings is 3. The van der Waals surface area contributed by atoms with E-state index >= 15 is 0 Å². The van der Waals surface area contributed by atoms with E-state index in [2.05, 4.69) is 10.4 Å². The molecule has 0 unspecified atom stereocenters. The molecule has 9 heteroatoms. The molecule has 0 aliphatic rings. The summed E-state index contributed by atoms with van der Waals surface area (Å²) in [6.07, 6.45) is 0. The summed E-state index contributed by atoms with van der Waals surface area (Å²) >= 11 is 0. The third-order valence-electron chi connectivity index (χ3n) is 5.53. The molecule has 3 aromatic carbocycles. The number of rotatable bonds is 6. The number of amides is 1. The Bertz CT molecular complexity index is 1620. The Morgan fingerprint density at radius 2 is 1.65 bits per heavy atom. The number of hydrogen-bond acceptors (Lipinski definition) is 5. The number of nitrogens with one attached hydrogen (secondary N) is 1. The third-order valence-corrected chi connectivity index (χ3v) is 5.53. The first kappa shape index (κ1) is 21.2. The molecule has 0 aliphatic heterocycles. The van der Waals surface area contributed by atoms with Crippen LogP contribution in [0.5, 0.6) is 5.75 Å². The molecule has 0 fully saturated rings. The van der Waals surface area contributed by atoms with Crippen LogP contribution in [0.25, 0.3) is 16.7 Å². The standard InChI is InChI=1S/C25H21N5O4/c1-34-19-13-11-18(12-14-19)26-22(31)16-29-25(33)30-21-10-6-5-9-20(21)23(32)28(24(30)27-29)15-17-7-3-2-4-8-17/h2-14H,15-16H2,1H3,(H,26,31). The van der Waals surface area contributed by atoms with Crippen molar-refractivity contribution in [1.29, 1.82) is 0 Å². The summed E-state index contributed by atoms with van der Waals surface area (Å²) < 4.78 is 9.02. The van der Waals surface area contributed by atoms with Gasteiger partial charge in [0.1, 0.15) is 12.3 Å². The van der Waals surface area contributed by atoms with Crippen LogP contribution >= 0.6 is 0 Å². The lowest BCUT2D eigenvalue weighted by molar-refractivity contribution is -0.117. The molecule has 1 N–H and O–H groups in total. The van der Waals surface area contributed by atoms with Gasteiger partial charge in [-0.1, -0.05) is 42.5 Å². The van der Waals surface area contributed by atoms with E-state index in [1.54, 1.807) is 55.6 Å². The number of ether oxygens (including phenoxy) is 1. The van der Waals surface area contributed by atoms with Gasteiger partial charge in [-0.15, -0.1) is 5.10 Å². The SMILES string of the molecule is COc1ccc(NC(=O)Cn2nc3n(Cc4ccccc4)c(=O)c4ccccc4n3c2=O)cc1. The van der Waals surface area contributed by atoms with E-state index in [0.717, 1.165) is 10.2 Å². The summed E-state index contributed by atoms with van der Waals surface area (Å²) in [7, 11) is 1.56. The van der Waals surface area contributed by atoms with Crippen LogP contribution in [-0.2, 0) is 17.9 Å². The van der Waals surface area contributed by atoms with Crippen molar-refractivity contribution in [3.05, 3.63) is 105 Å². The summed E-state index contributed by atoms with van der Waals surface area (Å²) in [5.41, 5.74) is 1.14. The molecule has 2 heterocycles. The molecule has 5 aromatic rings. The minimum atomic E-state index is -0.502. The zero-order chi connectivity index (χ0) is 23.7. The number of fused-ring (bicyclic) bond motifs is 3. The topological polar surface area (TPSA) is 99.6 Å². The number of carbonyl (C=O) groups is 1. The van der Waals surface area contributed by atoms with Gasteiger partial charge in [0.15, 0.2) is 0 Å². The number of carbonyl (C=O) groups excluding carboxylic acids is 1. The fraction of sp³-hybridized carbons (Fsp3) is 0.120. The van der Waals surface area contributed by atoms with Crippen molar-refractivity contribution in [2.24, 2.45) is 0 Å². The number of hydrogen-bond donors (Lipinski definition) is 1. The predicted octanol–water partition coefficient (Wildman–Crippen LogP) is 2.51. The van der Waals surface area contributed by atoms with Crippen molar-refractivity contribution in [3.8, 4) is 5.75 Å². The van der Waals surface area contributed by atoms with E-state index in [1.165, 1.54) is 8.97 Å². The molecule has 9 nitrogen and oxygen atoms in total. The van der Waals surface area contributed by atoms with Gasteiger partial charge in [-0.25, -0.2) is 13.9 Å². The minimum absolute atomic E-state index is 0.176. The monoisotopic (exact) mass is 455 g/mol. The zero-order valence-electron chi connectivity index (χ0n) is 18.3. The maximum Gasteiger partial charge on any atom is 0.352 e. The molecule has 1 amide bonds. The normalized spacial score (nSPS) is 11.1. The van der Waals surface area contributed by atoms with Crippen LogP contribution in [0.2, 0.25) is 0 Å². The van der Waals surface area contributed by atoms with Gasteiger partial charge in [0, 0.05) is 5.69 Å². The van der Waals surface area contributed by atoms with Crippen LogP contribution in [0.1, 0.15) is 5.56 Å².